The number of urea groups is 1. The average Bonchev–Trinajstić information content (AvgIpc) is 3.12. The van der Waals surface area contributed by atoms with Gasteiger partial charge in [-0.25, -0.2) is 4.79 Å². The summed E-state index contributed by atoms with van der Waals surface area (Å²) in [7, 11) is -4.88. The fourth-order valence-corrected chi connectivity index (χ4v) is 4.11. The number of hydrogen-bond donors (Lipinski definition) is 4. The molecule has 12 nitrogen and oxygen atoms in total. The molecule has 0 aromatic heterocycles. The van der Waals surface area contributed by atoms with Crippen molar-refractivity contribution >= 4 is 22.3 Å². The van der Waals surface area contributed by atoms with E-state index in [0.717, 1.165) is 4.90 Å². The molecular formula is C13H22N4O8S. The Morgan fingerprint density at radius 3 is 2.77 bits per heavy atom. The molecule has 0 radical (unpaired) electrons. The molecule has 3 aliphatic heterocycles. The maximum atomic E-state index is 12.5. The first-order valence-electron chi connectivity index (χ1n) is 8.22. The third-order valence-corrected chi connectivity index (χ3v) is 5.40. The van der Waals surface area contributed by atoms with Crippen LogP contribution in [0.4, 0.5) is 4.79 Å². The standard InChI is InChI=1S/C13H22N4O8S/c14-11(19)13(24-7-9-3-8(6-18)4-15-9)2-1-10-5-16(13)12(20)17(10)25-26(21,22)23/h8-10,15,18H,1-7H2,(H2,14,19)(H,21,22,23)/t8-,9+,10?,13?/m1/s1. The van der Waals surface area contributed by atoms with Gasteiger partial charge in [-0.3, -0.25) is 14.2 Å². The Morgan fingerprint density at radius 1 is 1.46 bits per heavy atom. The number of carbonyl (C=O) groups excluding carboxylic acids is 2. The summed E-state index contributed by atoms with van der Waals surface area (Å²) < 4.78 is 40.8. The average molecular weight is 394 g/mol. The number of piperidine rings is 1. The molecule has 0 saturated carbocycles. The van der Waals surface area contributed by atoms with E-state index in [0.29, 0.717) is 18.0 Å². The summed E-state index contributed by atoms with van der Waals surface area (Å²) in [6, 6.07) is -1.68. The maximum absolute atomic E-state index is 12.5. The van der Waals surface area contributed by atoms with Crippen LogP contribution >= 0.6 is 0 Å². The molecule has 3 amide bonds. The van der Waals surface area contributed by atoms with Crippen molar-refractivity contribution in [2.24, 2.45) is 11.7 Å². The van der Waals surface area contributed by atoms with Crippen LogP contribution in [0, 0.1) is 5.92 Å². The topological polar surface area (TPSA) is 172 Å². The zero-order valence-electron chi connectivity index (χ0n) is 13.9. The highest BCUT2D eigenvalue weighted by atomic mass is 32.3. The maximum Gasteiger partial charge on any atom is 0.418 e. The second kappa shape index (κ2) is 6.90. The number of primary amides is 1. The first-order valence-corrected chi connectivity index (χ1v) is 9.59. The van der Waals surface area contributed by atoms with Gasteiger partial charge in [0.25, 0.3) is 5.91 Å². The minimum Gasteiger partial charge on any atom is -0.396 e. The summed E-state index contributed by atoms with van der Waals surface area (Å²) in [4.78, 5) is 25.7. The number of aliphatic hydroxyl groups is 1. The molecule has 0 spiro atoms. The van der Waals surface area contributed by atoms with Crippen molar-refractivity contribution in [3.63, 3.8) is 0 Å². The lowest BCUT2D eigenvalue weighted by atomic mass is 9.96. The van der Waals surface area contributed by atoms with Crippen LogP contribution in [-0.4, -0.2) is 84.1 Å². The highest BCUT2D eigenvalue weighted by Crippen LogP contribution is 2.38. The quantitative estimate of drug-likeness (QED) is 0.349. The van der Waals surface area contributed by atoms with Crippen LogP contribution in [0.5, 0.6) is 0 Å². The smallest absolute Gasteiger partial charge is 0.396 e. The molecule has 2 bridgehead atoms. The molecule has 3 saturated heterocycles. The molecule has 3 heterocycles. The van der Waals surface area contributed by atoms with Gasteiger partial charge in [-0.05, 0) is 18.8 Å². The summed E-state index contributed by atoms with van der Waals surface area (Å²) in [6.45, 7) is 0.731. The third-order valence-electron chi connectivity index (χ3n) is 5.05. The number of carbonyl (C=O) groups is 2. The van der Waals surface area contributed by atoms with E-state index in [1.54, 1.807) is 0 Å². The Labute approximate surface area is 150 Å². The van der Waals surface area contributed by atoms with Gasteiger partial charge in [-0.1, -0.05) is 0 Å². The minimum atomic E-state index is -4.88. The lowest BCUT2D eigenvalue weighted by Gasteiger charge is -2.40. The van der Waals surface area contributed by atoms with E-state index in [-0.39, 0.29) is 44.6 Å². The van der Waals surface area contributed by atoms with Crippen molar-refractivity contribution in [2.45, 2.75) is 37.1 Å². The lowest BCUT2D eigenvalue weighted by molar-refractivity contribution is -0.175. The Balaban J connectivity index is 1.74. The number of nitrogens with one attached hydrogen (secondary N) is 1. The van der Waals surface area contributed by atoms with Gasteiger partial charge in [0, 0.05) is 32.2 Å². The highest BCUT2D eigenvalue weighted by molar-refractivity contribution is 7.80. The van der Waals surface area contributed by atoms with Gasteiger partial charge >= 0.3 is 16.4 Å². The molecule has 0 aromatic rings. The van der Waals surface area contributed by atoms with Crippen molar-refractivity contribution in [2.75, 3.05) is 26.3 Å². The minimum absolute atomic E-state index is 0.0192. The van der Waals surface area contributed by atoms with Gasteiger partial charge in [-0.2, -0.15) is 13.5 Å². The van der Waals surface area contributed by atoms with E-state index in [1.165, 1.54) is 0 Å². The predicted octanol–water partition coefficient (Wildman–Crippen LogP) is -2.21. The number of ether oxygens (including phenoxy) is 1. The van der Waals surface area contributed by atoms with Gasteiger partial charge in [0.1, 0.15) is 0 Å². The number of aliphatic hydroxyl groups excluding tert-OH is 1. The summed E-state index contributed by atoms with van der Waals surface area (Å²) in [5, 5.41) is 12.9. The lowest BCUT2D eigenvalue weighted by Crippen LogP contribution is -2.62. The normalized spacial score (nSPS) is 34.5. The largest absolute Gasteiger partial charge is 0.418 e. The van der Waals surface area contributed by atoms with E-state index >= 15 is 0 Å². The Kier molecular flexibility index (Phi) is 5.11. The number of amides is 3. The zero-order valence-corrected chi connectivity index (χ0v) is 14.7. The fraction of sp³-hybridized carbons (Fsp3) is 0.846. The van der Waals surface area contributed by atoms with Crippen molar-refractivity contribution in [1.82, 2.24) is 15.3 Å². The van der Waals surface area contributed by atoms with Crippen LogP contribution in [0.15, 0.2) is 0 Å². The summed E-state index contributed by atoms with van der Waals surface area (Å²) in [5.41, 5.74) is 3.80. The summed E-state index contributed by atoms with van der Waals surface area (Å²) in [5.74, 6) is -0.773. The van der Waals surface area contributed by atoms with Crippen LogP contribution < -0.4 is 11.1 Å². The van der Waals surface area contributed by atoms with Gasteiger partial charge in [0.05, 0.1) is 12.6 Å². The molecule has 4 atom stereocenters. The zero-order chi connectivity index (χ0) is 19.1. The summed E-state index contributed by atoms with van der Waals surface area (Å²) in [6.07, 6.45) is 0.929. The number of nitrogens with two attached hydrogens (primary N) is 1. The van der Waals surface area contributed by atoms with E-state index in [1.807, 2.05) is 0 Å². The number of nitrogens with zero attached hydrogens (tertiary/aromatic N) is 2. The highest BCUT2D eigenvalue weighted by Gasteiger charge is 2.58. The molecular weight excluding hydrogens is 372 g/mol. The summed E-state index contributed by atoms with van der Waals surface area (Å²) >= 11 is 0. The number of hydrogen-bond acceptors (Lipinski definition) is 8. The van der Waals surface area contributed by atoms with Crippen molar-refractivity contribution in [3.05, 3.63) is 0 Å². The van der Waals surface area contributed by atoms with E-state index in [9.17, 15) is 23.1 Å². The van der Waals surface area contributed by atoms with Gasteiger partial charge < -0.3 is 20.9 Å². The molecule has 3 aliphatic rings. The number of rotatable bonds is 7. The Hall–Kier alpha value is -1.51. The monoisotopic (exact) mass is 394 g/mol. The molecule has 0 aromatic carbocycles. The second-order valence-corrected chi connectivity index (χ2v) is 7.77. The predicted molar refractivity (Wildman–Crippen MR) is 84.5 cm³/mol. The van der Waals surface area contributed by atoms with Crippen LogP contribution in [0.2, 0.25) is 0 Å². The van der Waals surface area contributed by atoms with Crippen molar-refractivity contribution in [3.8, 4) is 0 Å². The first kappa shape index (κ1) is 19.3. The molecule has 3 fully saturated rings. The van der Waals surface area contributed by atoms with Crippen LogP contribution in [0.25, 0.3) is 0 Å². The molecule has 5 N–H and O–H groups in total. The third kappa shape index (κ3) is 3.50. The number of fused-ring (bicyclic) bond motifs is 2. The molecule has 0 aliphatic carbocycles. The molecule has 148 valence electrons. The number of hydroxylamine groups is 2. The Bertz CT molecular complexity index is 688. The fourth-order valence-electron chi connectivity index (χ4n) is 3.72. The van der Waals surface area contributed by atoms with E-state index in [2.05, 4.69) is 9.60 Å². The van der Waals surface area contributed by atoms with Crippen LogP contribution in [0.1, 0.15) is 19.3 Å². The second-order valence-electron chi connectivity index (χ2n) is 6.76. The van der Waals surface area contributed by atoms with Gasteiger partial charge in [0.2, 0.25) is 5.72 Å². The molecule has 3 rings (SSSR count). The molecule has 13 heteroatoms. The van der Waals surface area contributed by atoms with Gasteiger partial charge in [-0.15, -0.1) is 4.28 Å². The van der Waals surface area contributed by atoms with Gasteiger partial charge in [0.15, 0.2) is 0 Å². The SMILES string of the molecule is NC(=O)C1(OC[C@@H]2C[C@@H](CO)CN2)CCC2CN1C(=O)N2OS(=O)(=O)O. The molecule has 2 unspecified atom stereocenters. The first-order chi connectivity index (χ1) is 12.2. The van der Waals surface area contributed by atoms with Crippen LogP contribution in [-0.2, 0) is 24.2 Å². The van der Waals surface area contributed by atoms with E-state index in [4.69, 9.17) is 15.0 Å². The van der Waals surface area contributed by atoms with E-state index < -0.39 is 34.1 Å². The Morgan fingerprint density at radius 2 is 2.19 bits per heavy atom. The van der Waals surface area contributed by atoms with Crippen LogP contribution in [0.3, 0.4) is 0 Å². The van der Waals surface area contributed by atoms with Crippen molar-refractivity contribution in [1.29, 1.82) is 0 Å². The van der Waals surface area contributed by atoms with Crippen molar-refractivity contribution < 1.29 is 36.7 Å². The molecule has 26 heavy (non-hydrogen) atoms.